The van der Waals surface area contributed by atoms with E-state index in [0.29, 0.717) is 12.2 Å². The molecule has 0 aliphatic carbocycles. The van der Waals surface area contributed by atoms with Gasteiger partial charge in [-0.25, -0.2) is 4.98 Å². The molecule has 3 rings (SSSR count). The van der Waals surface area contributed by atoms with Crippen molar-refractivity contribution >= 4 is 11.3 Å². The molecule has 1 aliphatic heterocycles. The molecular weight excluding hydrogens is 280 g/mol. The quantitative estimate of drug-likeness (QED) is 0.864. The second-order valence-corrected chi connectivity index (χ2v) is 6.77. The van der Waals surface area contributed by atoms with Crippen LogP contribution in [-0.4, -0.2) is 35.2 Å². The van der Waals surface area contributed by atoms with Crippen LogP contribution in [0.1, 0.15) is 25.1 Å². The Labute approximate surface area is 130 Å². The fourth-order valence-electron chi connectivity index (χ4n) is 2.96. The third-order valence-electron chi connectivity index (χ3n) is 3.81. The highest BCUT2D eigenvalue weighted by Crippen LogP contribution is 2.27. The van der Waals surface area contributed by atoms with E-state index in [1.54, 1.807) is 11.3 Å². The van der Waals surface area contributed by atoms with Crippen molar-refractivity contribution in [3.8, 4) is 10.6 Å². The van der Waals surface area contributed by atoms with E-state index in [0.717, 1.165) is 24.6 Å². The highest BCUT2D eigenvalue weighted by Gasteiger charge is 2.22. The van der Waals surface area contributed by atoms with Crippen molar-refractivity contribution in [2.24, 2.45) is 0 Å². The lowest BCUT2D eigenvalue weighted by atomic mass is 10.1. The van der Waals surface area contributed by atoms with Crippen molar-refractivity contribution in [3.05, 3.63) is 40.9 Å². The topological polar surface area (TPSA) is 25.4 Å². The largest absolute Gasteiger partial charge is 0.373 e. The normalized spacial score (nSPS) is 23.4. The minimum atomic E-state index is 0.309. The first-order valence-corrected chi connectivity index (χ1v) is 8.38. The molecular formula is C17H22N2OS. The Bertz CT molecular complexity index is 600. The van der Waals surface area contributed by atoms with Crippen molar-refractivity contribution in [2.45, 2.75) is 39.5 Å². The predicted molar refractivity (Wildman–Crippen MR) is 87.6 cm³/mol. The van der Waals surface area contributed by atoms with E-state index in [-0.39, 0.29) is 0 Å². The summed E-state index contributed by atoms with van der Waals surface area (Å²) < 4.78 is 5.78. The summed E-state index contributed by atoms with van der Waals surface area (Å²) in [5, 5.41) is 3.31. The molecule has 112 valence electrons. The minimum absolute atomic E-state index is 0.309. The van der Waals surface area contributed by atoms with Gasteiger partial charge < -0.3 is 4.74 Å². The molecule has 1 aromatic carbocycles. The van der Waals surface area contributed by atoms with Crippen molar-refractivity contribution in [2.75, 3.05) is 13.1 Å². The molecule has 4 heteroatoms. The van der Waals surface area contributed by atoms with Crippen LogP contribution in [0.2, 0.25) is 0 Å². The van der Waals surface area contributed by atoms with Gasteiger partial charge in [0, 0.05) is 30.6 Å². The number of benzene rings is 1. The number of rotatable bonds is 3. The number of aryl methyl sites for hydroxylation is 1. The Morgan fingerprint density at radius 1 is 1.24 bits per heavy atom. The van der Waals surface area contributed by atoms with Crippen LogP contribution in [0.25, 0.3) is 10.6 Å². The Balaban J connectivity index is 1.72. The molecule has 0 N–H and O–H groups in total. The Hall–Kier alpha value is -1.23. The van der Waals surface area contributed by atoms with Crippen LogP contribution in [0, 0.1) is 6.92 Å². The average Bonchev–Trinajstić information content (AvgIpc) is 2.86. The summed E-state index contributed by atoms with van der Waals surface area (Å²) in [5.74, 6) is 0. The molecule has 0 amide bonds. The summed E-state index contributed by atoms with van der Waals surface area (Å²) in [6.45, 7) is 9.32. The lowest BCUT2D eigenvalue weighted by Gasteiger charge is -2.34. The molecule has 1 fully saturated rings. The molecule has 0 unspecified atom stereocenters. The van der Waals surface area contributed by atoms with E-state index in [1.807, 2.05) is 0 Å². The zero-order valence-corrected chi connectivity index (χ0v) is 13.7. The van der Waals surface area contributed by atoms with Crippen LogP contribution in [0.4, 0.5) is 0 Å². The first-order valence-electron chi connectivity index (χ1n) is 7.50. The monoisotopic (exact) mass is 302 g/mol. The number of aromatic nitrogens is 1. The van der Waals surface area contributed by atoms with Gasteiger partial charge in [-0.3, -0.25) is 4.90 Å². The van der Waals surface area contributed by atoms with Crippen LogP contribution in [0.15, 0.2) is 29.6 Å². The van der Waals surface area contributed by atoms with E-state index in [4.69, 9.17) is 9.72 Å². The average molecular weight is 302 g/mol. The van der Waals surface area contributed by atoms with Gasteiger partial charge in [-0.15, -0.1) is 11.3 Å². The smallest absolute Gasteiger partial charge is 0.123 e. The summed E-state index contributed by atoms with van der Waals surface area (Å²) >= 11 is 1.74. The van der Waals surface area contributed by atoms with Gasteiger partial charge in [-0.2, -0.15) is 0 Å². The van der Waals surface area contributed by atoms with Crippen molar-refractivity contribution in [1.29, 1.82) is 0 Å². The molecule has 0 bridgehead atoms. The number of hydrogen-bond acceptors (Lipinski definition) is 4. The molecule has 1 saturated heterocycles. The van der Waals surface area contributed by atoms with E-state index in [2.05, 4.69) is 55.3 Å². The maximum Gasteiger partial charge on any atom is 0.123 e. The standard InChI is InChI=1S/C17H22N2OS/c1-12-6-4-5-7-16(12)17-18-15(11-21-17)10-19-8-13(2)20-14(3)9-19/h4-7,11,13-14H,8-10H2,1-3H3/t13-,14-/m0/s1. The van der Waals surface area contributed by atoms with Crippen LogP contribution < -0.4 is 0 Å². The van der Waals surface area contributed by atoms with Gasteiger partial charge in [0.15, 0.2) is 0 Å². The fraction of sp³-hybridized carbons (Fsp3) is 0.471. The summed E-state index contributed by atoms with van der Waals surface area (Å²) in [6, 6.07) is 8.44. The van der Waals surface area contributed by atoms with E-state index >= 15 is 0 Å². The van der Waals surface area contributed by atoms with Gasteiger partial charge in [-0.1, -0.05) is 24.3 Å². The second-order valence-electron chi connectivity index (χ2n) is 5.91. The molecule has 3 nitrogen and oxygen atoms in total. The summed E-state index contributed by atoms with van der Waals surface area (Å²) in [4.78, 5) is 7.26. The molecule has 0 spiro atoms. The van der Waals surface area contributed by atoms with Crippen molar-refractivity contribution < 1.29 is 4.74 Å². The highest BCUT2D eigenvalue weighted by molar-refractivity contribution is 7.13. The third-order valence-corrected chi connectivity index (χ3v) is 4.73. The molecule has 2 atom stereocenters. The van der Waals surface area contributed by atoms with E-state index < -0.39 is 0 Å². The Morgan fingerprint density at radius 3 is 2.67 bits per heavy atom. The second kappa shape index (κ2) is 6.26. The number of morpholine rings is 1. The van der Waals surface area contributed by atoms with Crippen LogP contribution in [0.5, 0.6) is 0 Å². The van der Waals surface area contributed by atoms with Gasteiger partial charge in [0.2, 0.25) is 0 Å². The molecule has 2 heterocycles. The third kappa shape index (κ3) is 3.51. The molecule has 1 aliphatic rings. The zero-order chi connectivity index (χ0) is 14.8. The maximum atomic E-state index is 5.78. The molecule has 0 radical (unpaired) electrons. The summed E-state index contributed by atoms with van der Waals surface area (Å²) in [6.07, 6.45) is 0.617. The molecule has 0 saturated carbocycles. The number of nitrogens with zero attached hydrogens (tertiary/aromatic N) is 2. The molecule has 1 aromatic heterocycles. The van der Waals surface area contributed by atoms with Crippen molar-refractivity contribution in [1.82, 2.24) is 9.88 Å². The first kappa shape index (κ1) is 14.7. The Kier molecular flexibility index (Phi) is 4.38. The fourth-order valence-corrected chi connectivity index (χ4v) is 3.86. The number of ether oxygens (including phenoxy) is 1. The summed E-state index contributed by atoms with van der Waals surface area (Å²) in [5.41, 5.74) is 3.70. The van der Waals surface area contributed by atoms with Gasteiger partial charge in [0.05, 0.1) is 17.9 Å². The van der Waals surface area contributed by atoms with Gasteiger partial charge in [0.25, 0.3) is 0 Å². The highest BCUT2D eigenvalue weighted by atomic mass is 32.1. The first-order chi connectivity index (χ1) is 10.1. The molecule has 21 heavy (non-hydrogen) atoms. The van der Waals surface area contributed by atoms with Crippen LogP contribution >= 0.6 is 11.3 Å². The zero-order valence-electron chi connectivity index (χ0n) is 12.9. The van der Waals surface area contributed by atoms with Crippen molar-refractivity contribution in [3.63, 3.8) is 0 Å². The summed E-state index contributed by atoms with van der Waals surface area (Å²) in [7, 11) is 0. The lowest BCUT2D eigenvalue weighted by molar-refractivity contribution is -0.0707. The van der Waals surface area contributed by atoms with Crippen LogP contribution in [-0.2, 0) is 11.3 Å². The number of thiazole rings is 1. The van der Waals surface area contributed by atoms with Gasteiger partial charge in [-0.05, 0) is 26.3 Å². The minimum Gasteiger partial charge on any atom is -0.373 e. The number of hydrogen-bond donors (Lipinski definition) is 0. The maximum absolute atomic E-state index is 5.78. The predicted octanol–water partition coefficient (Wildman–Crippen LogP) is 3.73. The molecule has 2 aromatic rings. The van der Waals surface area contributed by atoms with E-state index in [9.17, 15) is 0 Å². The van der Waals surface area contributed by atoms with Gasteiger partial charge in [0.1, 0.15) is 5.01 Å². The lowest BCUT2D eigenvalue weighted by Crippen LogP contribution is -2.44. The van der Waals surface area contributed by atoms with Crippen LogP contribution in [0.3, 0.4) is 0 Å². The SMILES string of the molecule is Cc1ccccc1-c1nc(CN2C[C@H](C)O[C@@H](C)C2)cs1. The van der Waals surface area contributed by atoms with Gasteiger partial charge >= 0.3 is 0 Å². The Morgan fingerprint density at radius 2 is 1.95 bits per heavy atom. The van der Waals surface area contributed by atoms with E-state index in [1.165, 1.54) is 16.8 Å².